The van der Waals surface area contributed by atoms with Gasteiger partial charge in [0.1, 0.15) is 0 Å². The molecule has 0 aliphatic carbocycles. The van der Waals surface area contributed by atoms with Crippen molar-refractivity contribution in [1.29, 1.82) is 0 Å². The third-order valence-corrected chi connectivity index (χ3v) is 3.62. The highest BCUT2D eigenvalue weighted by Crippen LogP contribution is 2.30. The van der Waals surface area contributed by atoms with Crippen LogP contribution >= 0.6 is 11.3 Å². The first-order valence-electron chi connectivity index (χ1n) is 4.74. The van der Waals surface area contributed by atoms with Crippen LogP contribution in [0.3, 0.4) is 0 Å². The predicted molar refractivity (Wildman–Crippen MR) is 54.8 cm³/mol. The standard InChI is InChI=1S/C10H15NOS/c11-10(9-2-1-7-13-9)8-3-5-12-6-4-8/h1-2,7-8,10H,3-6,11H2/t10-/m0/s1. The summed E-state index contributed by atoms with van der Waals surface area (Å²) in [5, 5.41) is 2.09. The van der Waals surface area contributed by atoms with Gasteiger partial charge in [-0.15, -0.1) is 11.3 Å². The molecule has 2 rings (SSSR count). The fraction of sp³-hybridized carbons (Fsp3) is 0.600. The van der Waals surface area contributed by atoms with Gasteiger partial charge in [0.2, 0.25) is 0 Å². The molecule has 0 amide bonds. The van der Waals surface area contributed by atoms with Crippen molar-refractivity contribution in [1.82, 2.24) is 0 Å². The molecule has 1 aliphatic heterocycles. The van der Waals surface area contributed by atoms with Crippen LogP contribution in [0.5, 0.6) is 0 Å². The molecule has 0 unspecified atom stereocenters. The molecule has 1 aromatic rings. The summed E-state index contributed by atoms with van der Waals surface area (Å²) >= 11 is 1.76. The van der Waals surface area contributed by atoms with Crippen molar-refractivity contribution < 1.29 is 4.74 Å². The molecule has 2 heterocycles. The Morgan fingerprint density at radius 2 is 2.23 bits per heavy atom. The molecule has 2 nitrogen and oxygen atoms in total. The number of hydrogen-bond acceptors (Lipinski definition) is 3. The average molecular weight is 197 g/mol. The smallest absolute Gasteiger partial charge is 0.0469 e. The van der Waals surface area contributed by atoms with Gasteiger partial charge in [0, 0.05) is 24.1 Å². The molecule has 13 heavy (non-hydrogen) atoms. The molecule has 1 atom stereocenters. The maximum absolute atomic E-state index is 6.17. The van der Waals surface area contributed by atoms with Gasteiger partial charge in [-0.25, -0.2) is 0 Å². The lowest BCUT2D eigenvalue weighted by Crippen LogP contribution is -2.26. The minimum absolute atomic E-state index is 0.226. The van der Waals surface area contributed by atoms with Gasteiger partial charge in [-0.05, 0) is 30.2 Å². The second-order valence-electron chi connectivity index (χ2n) is 3.49. The highest BCUT2D eigenvalue weighted by atomic mass is 32.1. The van der Waals surface area contributed by atoms with E-state index in [1.54, 1.807) is 11.3 Å². The van der Waals surface area contributed by atoms with E-state index < -0.39 is 0 Å². The predicted octanol–water partition coefficient (Wildman–Crippen LogP) is 2.17. The fourth-order valence-corrected chi connectivity index (χ4v) is 2.61. The van der Waals surface area contributed by atoms with Crippen molar-refractivity contribution in [2.45, 2.75) is 18.9 Å². The summed E-state index contributed by atoms with van der Waals surface area (Å²) in [5.41, 5.74) is 6.17. The van der Waals surface area contributed by atoms with Crippen LogP contribution in [0.2, 0.25) is 0 Å². The molecule has 0 saturated carbocycles. The van der Waals surface area contributed by atoms with Gasteiger partial charge in [-0.3, -0.25) is 0 Å². The molecule has 1 aromatic heterocycles. The molecule has 0 spiro atoms. The van der Waals surface area contributed by atoms with Crippen LogP contribution < -0.4 is 5.73 Å². The highest BCUT2D eigenvalue weighted by molar-refractivity contribution is 7.10. The Labute approximate surface area is 82.7 Å². The largest absolute Gasteiger partial charge is 0.381 e. The first-order chi connectivity index (χ1) is 6.38. The monoisotopic (exact) mass is 197 g/mol. The third kappa shape index (κ3) is 2.10. The molecular formula is C10H15NOS. The number of hydrogen-bond donors (Lipinski definition) is 1. The van der Waals surface area contributed by atoms with E-state index in [1.807, 2.05) is 0 Å². The molecule has 72 valence electrons. The van der Waals surface area contributed by atoms with E-state index >= 15 is 0 Å². The lowest BCUT2D eigenvalue weighted by Gasteiger charge is -2.26. The quantitative estimate of drug-likeness (QED) is 0.788. The van der Waals surface area contributed by atoms with Gasteiger partial charge in [0.05, 0.1) is 0 Å². The van der Waals surface area contributed by atoms with E-state index in [0.29, 0.717) is 5.92 Å². The molecule has 1 aliphatic rings. The molecule has 2 N–H and O–H groups in total. The van der Waals surface area contributed by atoms with E-state index in [9.17, 15) is 0 Å². The van der Waals surface area contributed by atoms with Crippen LogP contribution in [0.15, 0.2) is 17.5 Å². The number of ether oxygens (including phenoxy) is 1. The zero-order valence-corrected chi connectivity index (χ0v) is 8.43. The summed E-state index contributed by atoms with van der Waals surface area (Å²) in [6, 6.07) is 4.42. The van der Waals surface area contributed by atoms with Crippen LogP contribution in [-0.2, 0) is 4.74 Å². The van der Waals surface area contributed by atoms with Crippen molar-refractivity contribution in [3.8, 4) is 0 Å². The van der Waals surface area contributed by atoms with Crippen molar-refractivity contribution in [3.05, 3.63) is 22.4 Å². The lowest BCUT2D eigenvalue weighted by atomic mass is 9.91. The fourth-order valence-electron chi connectivity index (χ4n) is 1.79. The minimum Gasteiger partial charge on any atom is -0.381 e. The molecule has 1 saturated heterocycles. The number of thiophene rings is 1. The Morgan fingerprint density at radius 3 is 2.85 bits per heavy atom. The first kappa shape index (κ1) is 9.19. The van der Waals surface area contributed by atoms with Crippen LogP contribution in [0, 0.1) is 5.92 Å². The summed E-state index contributed by atoms with van der Waals surface area (Å²) in [4.78, 5) is 1.31. The van der Waals surface area contributed by atoms with E-state index in [2.05, 4.69) is 17.5 Å². The first-order valence-corrected chi connectivity index (χ1v) is 5.62. The van der Waals surface area contributed by atoms with Gasteiger partial charge in [0.15, 0.2) is 0 Å². The second-order valence-corrected chi connectivity index (χ2v) is 4.47. The summed E-state index contributed by atoms with van der Waals surface area (Å²) in [6.45, 7) is 1.76. The molecule has 0 aromatic carbocycles. The molecule has 0 radical (unpaired) electrons. The van der Waals surface area contributed by atoms with Crippen molar-refractivity contribution >= 4 is 11.3 Å². The van der Waals surface area contributed by atoms with Crippen LogP contribution in [0.1, 0.15) is 23.8 Å². The Kier molecular flexibility index (Phi) is 2.98. The van der Waals surface area contributed by atoms with E-state index in [1.165, 1.54) is 4.88 Å². The Balaban J connectivity index is 1.99. The topological polar surface area (TPSA) is 35.2 Å². The SMILES string of the molecule is N[C@H](c1cccs1)C1CCOCC1. The summed E-state index contributed by atoms with van der Waals surface area (Å²) in [6.07, 6.45) is 2.22. The second kappa shape index (κ2) is 4.22. The van der Waals surface area contributed by atoms with Crippen LogP contribution in [-0.4, -0.2) is 13.2 Å². The van der Waals surface area contributed by atoms with Gasteiger partial charge in [0.25, 0.3) is 0 Å². The number of nitrogens with two attached hydrogens (primary N) is 1. The van der Waals surface area contributed by atoms with Gasteiger partial charge in [-0.2, -0.15) is 0 Å². The van der Waals surface area contributed by atoms with Gasteiger partial charge in [-0.1, -0.05) is 6.07 Å². The van der Waals surface area contributed by atoms with E-state index in [-0.39, 0.29) is 6.04 Å². The summed E-state index contributed by atoms with van der Waals surface area (Å²) in [7, 11) is 0. The maximum Gasteiger partial charge on any atom is 0.0469 e. The molecule has 0 bridgehead atoms. The van der Waals surface area contributed by atoms with Gasteiger partial charge < -0.3 is 10.5 Å². The lowest BCUT2D eigenvalue weighted by molar-refractivity contribution is 0.0587. The van der Waals surface area contributed by atoms with Gasteiger partial charge >= 0.3 is 0 Å². The highest BCUT2D eigenvalue weighted by Gasteiger charge is 2.22. The molecule has 1 fully saturated rings. The summed E-state index contributed by atoms with van der Waals surface area (Å²) < 4.78 is 5.32. The molecular weight excluding hydrogens is 182 g/mol. The normalized spacial score (nSPS) is 21.6. The molecule has 3 heteroatoms. The zero-order valence-electron chi connectivity index (χ0n) is 7.61. The number of rotatable bonds is 2. The Bertz CT molecular complexity index is 241. The minimum atomic E-state index is 0.226. The average Bonchev–Trinajstić information content (AvgIpc) is 2.71. The Hall–Kier alpha value is -0.380. The third-order valence-electron chi connectivity index (χ3n) is 2.65. The van der Waals surface area contributed by atoms with E-state index in [4.69, 9.17) is 10.5 Å². The van der Waals surface area contributed by atoms with Crippen molar-refractivity contribution in [2.75, 3.05) is 13.2 Å². The van der Waals surface area contributed by atoms with Crippen molar-refractivity contribution in [3.63, 3.8) is 0 Å². The maximum atomic E-state index is 6.17. The Morgan fingerprint density at radius 1 is 1.46 bits per heavy atom. The van der Waals surface area contributed by atoms with Crippen molar-refractivity contribution in [2.24, 2.45) is 11.7 Å². The van der Waals surface area contributed by atoms with E-state index in [0.717, 1.165) is 26.1 Å². The zero-order chi connectivity index (χ0) is 9.10. The van der Waals surface area contributed by atoms with Crippen LogP contribution in [0.4, 0.5) is 0 Å². The van der Waals surface area contributed by atoms with Crippen LogP contribution in [0.25, 0.3) is 0 Å². The summed E-state index contributed by atoms with van der Waals surface area (Å²) in [5.74, 6) is 0.618.